The maximum atomic E-state index is 12.3. The molecule has 0 atom stereocenters. The van der Waals surface area contributed by atoms with E-state index in [1.807, 2.05) is 13.2 Å². The van der Waals surface area contributed by atoms with Gasteiger partial charge in [-0.2, -0.15) is 0 Å². The Morgan fingerprint density at radius 2 is 1.80 bits per heavy atom. The third-order valence-corrected chi connectivity index (χ3v) is 6.23. The second kappa shape index (κ2) is 12.9. The Morgan fingerprint density at radius 3 is 2.43 bits per heavy atom. The average molecular weight is 433 g/mol. The molecule has 2 aromatic rings. The van der Waals surface area contributed by atoms with E-state index in [0.29, 0.717) is 6.04 Å². The topological polar surface area (TPSA) is 49.4 Å². The van der Waals surface area contributed by atoms with Crippen LogP contribution in [0, 0.1) is 5.82 Å². The van der Waals surface area contributed by atoms with Gasteiger partial charge in [-0.05, 0) is 61.7 Å². The minimum Gasteiger partial charge on any atom is -0.378 e. The van der Waals surface area contributed by atoms with Crippen molar-refractivity contribution in [3.05, 3.63) is 54.0 Å². The summed E-state index contributed by atoms with van der Waals surface area (Å²) in [6.45, 7) is 4.36. The normalized spacial score (nSPS) is 17.3. The molecule has 0 radical (unpaired) electrons. The number of aromatic nitrogens is 1. The molecule has 7 heteroatoms. The molecule has 0 amide bonds. The van der Waals surface area contributed by atoms with Crippen LogP contribution in [0.4, 0.5) is 10.1 Å². The SMILES string of the molecule is CNCc1ccc(F)cc1.c1cc(SNC2CCCCC2)ncc1N1CCOCC1. The summed E-state index contributed by atoms with van der Waals surface area (Å²) in [5.74, 6) is -0.181. The second-order valence-electron chi connectivity index (χ2n) is 7.67. The molecule has 2 N–H and O–H groups in total. The molecule has 2 fully saturated rings. The number of halogens is 1. The van der Waals surface area contributed by atoms with E-state index in [2.05, 4.69) is 32.1 Å². The van der Waals surface area contributed by atoms with Crippen LogP contribution in [0.2, 0.25) is 0 Å². The molecule has 4 rings (SSSR count). The van der Waals surface area contributed by atoms with Crippen LogP contribution in [0.25, 0.3) is 0 Å². The van der Waals surface area contributed by atoms with Gasteiger partial charge in [0.25, 0.3) is 0 Å². The van der Waals surface area contributed by atoms with Gasteiger partial charge in [-0.1, -0.05) is 31.4 Å². The summed E-state index contributed by atoms with van der Waals surface area (Å²) in [5, 5.41) is 4.04. The minimum atomic E-state index is -0.181. The second-order valence-corrected chi connectivity index (χ2v) is 8.52. The molecule has 0 unspecified atom stereocenters. The van der Waals surface area contributed by atoms with Gasteiger partial charge in [-0.25, -0.2) is 9.37 Å². The fourth-order valence-electron chi connectivity index (χ4n) is 3.61. The molecule has 2 heterocycles. The lowest BCUT2D eigenvalue weighted by atomic mass is 9.96. The van der Waals surface area contributed by atoms with Crippen molar-refractivity contribution in [2.24, 2.45) is 0 Å². The molecule has 1 saturated heterocycles. The fraction of sp³-hybridized carbons (Fsp3) is 0.522. The van der Waals surface area contributed by atoms with Gasteiger partial charge in [-0.15, -0.1) is 0 Å². The zero-order chi connectivity index (χ0) is 21.0. The van der Waals surface area contributed by atoms with Crippen molar-refractivity contribution >= 4 is 17.6 Å². The van der Waals surface area contributed by atoms with Crippen molar-refractivity contribution in [1.82, 2.24) is 15.0 Å². The summed E-state index contributed by atoms with van der Waals surface area (Å²) in [6.07, 6.45) is 8.71. The summed E-state index contributed by atoms with van der Waals surface area (Å²) in [7, 11) is 1.86. The quantitative estimate of drug-likeness (QED) is 0.660. The summed E-state index contributed by atoms with van der Waals surface area (Å²) < 4.78 is 21.2. The highest BCUT2D eigenvalue weighted by molar-refractivity contribution is 7.97. The van der Waals surface area contributed by atoms with E-state index >= 15 is 0 Å². The summed E-state index contributed by atoms with van der Waals surface area (Å²) >= 11 is 1.68. The van der Waals surface area contributed by atoms with E-state index in [4.69, 9.17) is 4.74 Å². The van der Waals surface area contributed by atoms with Crippen LogP contribution >= 0.6 is 11.9 Å². The lowest BCUT2D eigenvalue weighted by Gasteiger charge is -2.28. The number of hydrogen-bond donors (Lipinski definition) is 2. The van der Waals surface area contributed by atoms with E-state index in [-0.39, 0.29) is 5.82 Å². The van der Waals surface area contributed by atoms with E-state index in [0.717, 1.165) is 43.4 Å². The lowest BCUT2D eigenvalue weighted by Crippen LogP contribution is -2.36. The predicted molar refractivity (Wildman–Crippen MR) is 122 cm³/mol. The van der Waals surface area contributed by atoms with Gasteiger partial charge >= 0.3 is 0 Å². The number of benzene rings is 1. The number of morpholine rings is 1. The van der Waals surface area contributed by atoms with Gasteiger partial charge in [0.15, 0.2) is 0 Å². The molecular formula is C23H33FN4OS. The summed E-state index contributed by atoms with van der Waals surface area (Å²) in [6, 6.07) is 11.4. The van der Waals surface area contributed by atoms with Crippen LogP contribution < -0.4 is 14.9 Å². The number of nitrogens with one attached hydrogen (secondary N) is 2. The van der Waals surface area contributed by atoms with Crippen molar-refractivity contribution in [3.8, 4) is 0 Å². The molecule has 0 bridgehead atoms. The molecule has 5 nitrogen and oxygen atoms in total. The number of ether oxygens (including phenoxy) is 1. The van der Waals surface area contributed by atoms with Crippen LogP contribution in [0.1, 0.15) is 37.7 Å². The van der Waals surface area contributed by atoms with E-state index in [1.165, 1.54) is 49.9 Å². The highest BCUT2D eigenvalue weighted by Gasteiger charge is 2.14. The van der Waals surface area contributed by atoms with Crippen molar-refractivity contribution in [2.45, 2.75) is 49.7 Å². The molecule has 164 valence electrons. The summed E-state index contributed by atoms with van der Waals surface area (Å²) in [5.41, 5.74) is 2.30. The zero-order valence-corrected chi connectivity index (χ0v) is 18.6. The van der Waals surface area contributed by atoms with E-state index < -0.39 is 0 Å². The van der Waals surface area contributed by atoms with Crippen LogP contribution in [0.5, 0.6) is 0 Å². The number of hydrogen-bond acceptors (Lipinski definition) is 6. The average Bonchev–Trinajstić information content (AvgIpc) is 2.81. The molecule has 1 saturated carbocycles. The Kier molecular flexibility index (Phi) is 9.89. The molecule has 1 aromatic heterocycles. The Morgan fingerprint density at radius 1 is 1.07 bits per heavy atom. The Labute approximate surface area is 183 Å². The third-order valence-electron chi connectivity index (χ3n) is 5.33. The fourth-order valence-corrected chi connectivity index (χ4v) is 4.38. The van der Waals surface area contributed by atoms with Crippen molar-refractivity contribution < 1.29 is 9.13 Å². The smallest absolute Gasteiger partial charge is 0.123 e. The largest absolute Gasteiger partial charge is 0.378 e. The highest BCUT2D eigenvalue weighted by atomic mass is 32.2. The van der Waals surface area contributed by atoms with Crippen molar-refractivity contribution in [1.29, 1.82) is 0 Å². The summed E-state index contributed by atoms with van der Waals surface area (Å²) in [4.78, 5) is 6.89. The number of pyridine rings is 1. The Bertz CT molecular complexity index is 717. The number of nitrogens with zero attached hydrogens (tertiary/aromatic N) is 2. The number of rotatable bonds is 6. The first kappa shape index (κ1) is 23.0. The van der Waals surface area contributed by atoms with Gasteiger partial charge < -0.3 is 15.0 Å². The first-order valence-corrected chi connectivity index (χ1v) is 11.7. The van der Waals surface area contributed by atoms with Gasteiger partial charge in [0, 0.05) is 25.7 Å². The molecule has 30 heavy (non-hydrogen) atoms. The van der Waals surface area contributed by atoms with Crippen molar-refractivity contribution in [3.63, 3.8) is 0 Å². The van der Waals surface area contributed by atoms with Gasteiger partial charge in [0.05, 0.1) is 25.1 Å². The maximum absolute atomic E-state index is 12.3. The van der Waals surface area contributed by atoms with Gasteiger partial charge in [0.1, 0.15) is 10.8 Å². The van der Waals surface area contributed by atoms with Gasteiger partial charge in [0.2, 0.25) is 0 Å². The monoisotopic (exact) mass is 432 g/mol. The minimum absolute atomic E-state index is 0.181. The van der Waals surface area contributed by atoms with E-state index in [1.54, 1.807) is 24.1 Å². The molecular weight excluding hydrogens is 399 g/mol. The Balaban J connectivity index is 0.000000216. The molecule has 0 spiro atoms. The van der Waals surface area contributed by atoms with Crippen LogP contribution in [-0.2, 0) is 11.3 Å². The van der Waals surface area contributed by atoms with Crippen LogP contribution in [0.3, 0.4) is 0 Å². The van der Waals surface area contributed by atoms with E-state index in [9.17, 15) is 4.39 Å². The predicted octanol–water partition coefficient (Wildman–Crippen LogP) is 4.39. The standard InChI is InChI=1S/C15H23N3OS.C8H10FN/c1-2-4-13(5-3-1)17-20-15-7-6-14(12-16-15)18-8-10-19-11-9-18;1-10-6-7-2-4-8(9)5-3-7/h6-7,12-13,17H,1-5,8-11H2;2-5,10H,6H2,1H3. The maximum Gasteiger partial charge on any atom is 0.123 e. The zero-order valence-electron chi connectivity index (χ0n) is 17.8. The highest BCUT2D eigenvalue weighted by Crippen LogP contribution is 2.23. The number of anilines is 1. The molecule has 1 aliphatic carbocycles. The first-order valence-electron chi connectivity index (χ1n) is 10.8. The van der Waals surface area contributed by atoms with Crippen LogP contribution in [0.15, 0.2) is 47.6 Å². The lowest BCUT2D eigenvalue weighted by molar-refractivity contribution is 0.122. The van der Waals surface area contributed by atoms with Crippen LogP contribution in [-0.4, -0.2) is 44.4 Å². The first-order chi connectivity index (χ1) is 14.7. The van der Waals surface area contributed by atoms with Crippen molar-refractivity contribution in [2.75, 3.05) is 38.3 Å². The molecule has 1 aliphatic heterocycles. The molecule has 1 aromatic carbocycles. The van der Waals surface area contributed by atoms with Gasteiger partial charge in [-0.3, -0.25) is 4.72 Å². The molecule has 2 aliphatic rings. The Hall–Kier alpha value is -1.67. The third kappa shape index (κ3) is 7.87.